The van der Waals surface area contributed by atoms with Crippen LogP contribution in [0.15, 0.2) is 42.5 Å². The lowest BCUT2D eigenvalue weighted by atomic mass is 10.0. The van der Waals surface area contributed by atoms with Crippen LogP contribution in [0.2, 0.25) is 0 Å². The summed E-state index contributed by atoms with van der Waals surface area (Å²) in [7, 11) is 0. The fourth-order valence-electron chi connectivity index (χ4n) is 2.49. The lowest BCUT2D eigenvalue weighted by molar-refractivity contribution is -0.121. The van der Waals surface area contributed by atoms with Gasteiger partial charge in [0.25, 0.3) is 0 Å². The standard InChI is InChI=1S/C19H23NO3S/c1-13(12-17(22)15-6-4-3-5-7-15)20-19(23)11-9-16(21)18-10-8-14(2)24-18/h3-8,10,13,17,22H,9,11-12H2,1-2H3,(H,20,23). The Morgan fingerprint density at radius 2 is 1.83 bits per heavy atom. The zero-order chi connectivity index (χ0) is 17.5. The van der Waals surface area contributed by atoms with Crippen LogP contribution >= 0.6 is 11.3 Å². The summed E-state index contributed by atoms with van der Waals surface area (Å²) in [6.45, 7) is 3.81. The quantitative estimate of drug-likeness (QED) is 0.718. The number of ketones is 1. The number of carbonyl (C=O) groups is 2. The fraction of sp³-hybridized carbons (Fsp3) is 0.368. The van der Waals surface area contributed by atoms with E-state index in [2.05, 4.69) is 5.32 Å². The number of rotatable bonds is 8. The highest BCUT2D eigenvalue weighted by molar-refractivity contribution is 7.14. The second-order valence-electron chi connectivity index (χ2n) is 5.96. The molecule has 0 saturated carbocycles. The molecule has 128 valence electrons. The van der Waals surface area contributed by atoms with E-state index in [-0.39, 0.29) is 30.6 Å². The zero-order valence-corrected chi connectivity index (χ0v) is 14.8. The number of amides is 1. The van der Waals surface area contributed by atoms with E-state index >= 15 is 0 Å². The highest BCUT2D eigenvalue weighted by Gasteiger charge is 2.16. The van der Waals surface area contributed by atoms with Gasteiger partial charge in [-0.15, -0.1) is 11.3 Å². The Labute approximate surface area is 146 Å². The predicted octanol–water partition coefficient (Wildman–Crippen LogP) is 3.65. The summed E-state index contributed by atoms with van der Waals surface area (Å²) < 4.78 is 0. The molecule has 1 heterocycles. The Bertz CT molecular complexity index is 681. The van der Waals surface area contributed by atoms with Gasteiger partial charge in [-0.05, 0) is 38.0 Å². The Kier molecular flexibility index (Phi) is 6.70. The number of aryl methyl sites for hydroxylation is 1. The molecule has 0 aliphatic carbocycles. The van der Waals surface area contributed by atoms with Crippen LogP contribution < -0.4 is 5.32 Å². The first-order chi connectivity index (χ1) is 11.5. The third kappa shape index (κ3) is 5.58. The number of nitrogens with one attached hydrogen (secondary N) is 1. The molecule has 2 atom stereocenters. The topological polar surface area (TPSA) is 66.4 Å². The minimum absolute atomic E-state index is 0.000207. The molecular weight excluding hydrogens is 322 g/mol. The van der Waals surface area contributed by atoms with Crippen LogP contribution in [0.1, 0.15) is 52.4 Å². The Morgan fingerprint density at radius 3 is 2.46 bits per heavy atom. The molecule has 1 amide bonds. The molecule has 0 spiro atoms. The van der Waals surface area contributed by atoms with E-state index in [4.69, 9.17) is 0 Å². The van der Waals surface area contributed by atoms with Crippen LogP contribution in [0.3, 0.4) is 0 Å². The monoisotopic (exact) mass is 345 g/mol. The summed E-state index contributed by atoms with van der Waals surface area (Å²) in [5, 5.41) is 13.0. The van der Waals surface area contributed by atoms with Crippen molar-refractivity contribution in [2.45, 2.75) is 45.3 Å². The maximum atomic E-state index is 12.0. The largest absolute Gasteiger partial charge is 0.388 e. The number of aliphatic hydroxyl groups is 1. The number of hydrogen-bond acceptors (Lipinski definition) is 4. The molecule has 0 aliphatic rings. The number of hydrogen-bond donors (Lipinski definition) is 2. The van der Waals surface area contributed by atoms with Crippen molar-refractivity contribution in [3.63, 3.8) is 0 Å². The van der Waals surface area contributed by atoms with E-state index in [9.17, 15) is 14.7 Å². The molecule has 5 heteroatoms. The molecule has 2 rings (SSSR count). The lowest BCUT2D eigenvalue weighted by Crippen LogP contribution is -2.33. The van der Waals surface area contributed by atoms with Crippen LogP contribution in [0, 0.1) is 6.92 Å². The van der Waals surface area contributed by atoms with Crippen molar-refractivity contribution in [1.82, 2.24) is 5.32 Å². The average Bonchev–Trinajstić information content (AvgIpc) is 3.00. The van der Waals surface area contributed by atoms with E-state index in [1.54, 1.807) is 6.07 Å². The summed E-state index contributed by atoms with van der Waals surface area (Å²) in [5.41, 5.74) is 0.835. The first-order valence-corrected chi connectivity index (χ1v) is 8.89. The molecule has 2 N–H and O–H groups in total. The van der Waals surface area contributed by atoms with Crippen molar-refractivity contribution in [3.8, 4) is 0 Å². The van der Waals surface area contributed by atoms with E-state index in [0.29, 0.717) is 11.3 Å². The third-order valence-corrected chi connectivity index (χ3v) is 4.80. The number of aliphatic hydroxyl groups excluding tert-OH is 1. The van der Waals surface area contributed by atoms with Crippen LogP contribution in [0.5, 0.6) is 0 Å². The molecule has 2 aromatic rings. The molecule has 1 aromatic heterocycles. The summed E-state index contributed by atoms with van der Waals surface area (Å²) >= 11 is 1.45. The molecule has 0 saturated heterocycles. The van der Waals surface area contributed by atoms with Crippen molar-refractivity contribution in [2.75, 3.05) is 0 Å². The van der Waals surface area contributed by atoms with Crippen molar-refractivity contribution in [3.05, 3.63) is 57.8 Å². The third-order valence-electron chi connectivity index (χ3n) is 3.76. The summed E-state index contributed by atoms with van der Waals surface area (Å²) in [6, 6.07) is 12.9. The smallest absolute Gasteiger partial charge is 0.220 e. The van der Waals surface area contributed by atoms with Crippen LogP contribution in [-0.2, 0) is 4.79 Å². The number of Topliss-reactive ketones (excluding diaryl/α,β-unsaturated/α-hetero) is 1. The highest BCUT2D eigenvalue weighted by atomic mass is 32.1. The van der Waals surface area contributed by atoms with E-state index in [1.165, 1.54) is 11.3 Å². The van der Waals surface area contributed by atoms with Crippen molar-refractivity contribution in [1.29, 1.82) is 0 Å². The number of benzene rings is 1. The summed E-state index contributed by atoms with van der Waals surface area (Å²) in [6.07, 6.45) is 0.201. The van der Waals surface area contributed by atoms with Gasteiger partial charge in [0.05, 0.1) is 11.0 Å². The highest BCUT2D eigenvalue weighted by Crippen LogP contribution is 2.19. The second-order valence-corrected chi connectivity index (χ2v) is 7.25. The fourth-order valence-corrected chi connectivity index (χ4v) is 3.32. The zero-order valence-electron chi connectivity index (χ0n) is 14.0. The Morgan fingerprint density at radius 1 is 1.12 bits per heavy atom. The average molecular weight is 345 g/mol. The maximum absolute atomic E-state index is 12.0. The van der Waals surface area contributed by atoms with Gasteiger partial charge >= 0.3 is 0 Å². The van der Waals surface area contributed by atoms with Crippen LogP contribution in [0.25, 0.3) is 0 Å². The first-order valence-electron chi connectivity index (χ1n) is 8.07. The van der Waals surface area contributed by atoms with Gasteiger partial charge in [-0.25, -0.2) is 0 Å². The van der Waals surface area contributed by atoms with Crippen LogP contribution in [-0.4, -0.2) is 22.8 Å². The molecule has 1 aromatic carbocycles. The number of thiophene rings is 1. The van der Waals surface area contributed by atoms with Gasteiger partial charge in [0, 0.05) is 23.8 Å². The lowest BCUT2D eigenvalue weighted by Gasteiger charge is -2.18. The predicted molar refractivity (Wildman–Crippen MR) is 96.2 cm³/mol. The van der Waals surface area contributed by atoms with E-state index in [0.717, 1.165) is 10.4 Å². The maximum Gasteiger partial charge on any atom is 0.220 e. The van der Waals surface area contributed by atoms with Gasteiger partial charge in [0.15, 0.2) is 5.78 Å². The van der Waals surface area contributed by atoms with E-state index in [1.807, 2.05) is 50.2 Å². The molecule has 0 radical (unpaired) electrons. The Hall–Kier alpha value is -1.98. The van der Waals surface area contributed by atoms with Crippen molar-refractivity contribution < 1.29 is 14.7 Å². The van der Waals surface area contributed by atoms with Gasteiger partial charge < -0.3 is 10.4 Å². The van der Waals surface area contributed by atoms with Gasteiger partial charge in [-0.2, -0.15) is 0 Å². The van der Waals surface area contributed by atoms with Crippen LogP contribution in [0.4, 0.5) is 0 Å². The minimum Gasteiger partial charge on any atom is -0.388 e. The number of carbonyl (C=O) groups excluding carboxylic acids is 2. The summed E-state index contributed by atoms with van der Waals surface area (Å²) in [5.74, 6) is -0.162. The van der Waals surface area contributed by atoms with Gasteiger partial charge in [0.2, 0.25) is 5.91 Å². The molecular formula is C19H23NO3S. The van der Waals surface area contributed by atoms with Crippen molar-refractivity contribution >= 4 is 23.0 Å². The molecule has 2 unspecified atom stereocenters. The Balaban J connectivity index is 1.74. The van der Waals surface area contributed by atoms with Gasteiger partial charge in [-0.1, -0.05) is 30.3 Å². The van der Waals surface area contributed by atoms with Crippen molar-refractivity contribution in [2.24, 2.45) is 0 Å². The normalized spacial score (nSPS) is 13.3. The summed E-state index contributed by atoms with van der Waals surface area (Å²) in [4.78, 5) is 25.8. The van der Waals surface area contributed by atoms with Gasteiger partial charge in [-0.3, -0.25) is 9.59 Å². The molecule has 0 bridgehead atoms. The molecule has 0 aliphatic heterocycles. The SMILES string of the molecule is Cc1ccc(C(=O)CCC(=O)NC(C)CC(O)c2ccccc2)s1. The first kappa shape index (κ1) is 18.4. The molecule has 0 fully saturated rings. The molecule has 4 nitrogen and oxygen atoms in total. The van der Waals surface area contributed by atoms with E-state index < -0.39 is 6.10 Å². The minimum atomic E-state index is -0.614. The van der Waals surface area contributed by atoms with Gasteiger partial charge in [0.1, 0.15) is 0 Å². The molecule has 24 heavy (non-hydrogen) atoms. The second kappa shape index (κ2) is 8.76.